The van der Waals surface area contributed by atoms with E-state index in [4.69, 9.17) is 34.7 Å². The SMILES string of the molecule is [2H]C([2H])([2H])OCc1nnc(NS(=O)(=O)C(C)C(OC)c2ncc(Cl)cn2)n1-c1c(OC)cccc1OC. The lowest BCUT2D eigenvalue weighted by Gasteiger charge is -2.22. The summed E-state index contributed by atoms with van der Waals surface area (Å²) >= 11 is 5.84. The van der Waals surface area contributed by atoms with Gasteiger partial charge >= 0.3 is 0 Å². The molecule has 0 amide bonds. The van der Waals surface area contributed by atoms with Crippen LogP contribution in [0.5, 0.6) is 11.5 Å². The van der Waals surface area contributed by atoms with Crippen LogP contribution in [0.15, 0.2) is 30.6 Å². The van der Waals surface area contributed by atoms with Gasteiger partial charge in [0.15, 0.2) is 11.6 Å². The number of ether oxygens (including phenoxy) is 4. The summed E-state index contributed by atoms with van der Waals surface area (Å²) in [5, 5.41) is 6.95. The van der Waals surface area contributed by atoms with Crippen molar-refractivity contribution in [1.82, 2.24) is 24.7 Å². The maximum Gasteiger partial charge on any atom is 0.243 e. The smallest absolute Gasteiger partial charge is 0.243 e. The first-order valence-electron chi connectivity index (χ1n) is 11.2. The van der Waals surface area contributed by atoms with Crippen LogP contribution in [0.4, 0.5) is 5.95 Å². The van der Waals surface area contributed by atoms with Crippen molar-refractivity contribution in [3.05, 3.63) is 47.3 Å². The van der Waals surface area contributed by atoms with Crippen molar-refractivity contribution in [2.24, 2.45) is 0 Å². The number of benzene rings is 1. The third-order valence-corrected chi connectivity index (χ3v) is 6.74. The van der Waals surface area contributed by atoms with E-state index in [0.29, 0.717) is 0 Å². The summed E-state index contributed by atoms with van der Waals surface area (Å²) in [6, 6.07) is 4.86. The van der Waals surface area contributed by atoms with Crippen molar-refractivity contribution >= 4 is 27.6 Å². The van der Waals surface area contributed by atoms with E-state index in [1.807, 2.05) is 0 Å². The first-order chi connectivity index (χ1) is 17.4. The van der Waals surface area contributed by atoms with E-state index in [9.17, 15) is 8.42 Å². The number of rotatable bonds is 11. The number of nitrogens with zero attached hydrogens (tertiary/aromatic N) is 5. The molecule has 0 aliphatic carbocycles. The third kappa shape index (κ3) is 5.22. The van der Waals surface area contributed by atoms with Crippen LogP contribution < -0.4 is 14.2 Å². The predicted octanol–water partition coefficient (Wildman–Crippen LogP) is 2.39. The lowest BCUT2D eigenvalue weighted by molar-refractivity contribution is 0.0950. The van der Waals surface area contributed by atoms with Crippen LogP contribution in [0.25, 0.3) is 5.69 Å². The highest BCUT2D eigenvalue weighted by Gasteiger charge is 2.35. The summed E-state index contributed by atoms with van der Waals surface area (Å²) in [5.74, 6) is 0.336. The zero-order valence-corrected chi connectivity index (χ0v) is 20.3. The van der Waals surface area contributed by atoms with Crippen molar-refractivity contribution in [1.29, 1.82) is 0 Å². The predicted molar refractivity (Wildman–Crippen MR) is 124 cm³/mol. The van der Waals surface area contributed by atoms with Gasteiger partial charge in [0, 0.05) is 26.5 Å². The Morgan fingerprint density at radius 1 is 1.15 bits per heavy atom. The lowest BCUT2D eigenvalue weighted by atomic mass is 10.2. The molecule has 2 heterocycles. The summed E-state index contributed by atoms with van der Waals surface area (Å²) in [6.45, 7) is 0.874. The van der Waals surface area contributed by atoms with Crippen LogP contribution in [0.3, 0.4) is 0 Å². The molecule has 12 nitrogen and oxygen atoms in total. The molecule has 1 N–H and O–H groups in total. The van der Waals surface area contributed by atoms with E-state index < -0.39 is 35.0 Å². The zero-order chi connectivity index (χ0) is 27.4. The Hall–Kier alpha value is -3.00. The number of aromatic nitrogens is 5. The molecule has 3 rings (SSSR count). The highest BCUT2D eigenvalue weighted by Crippen LogP contribution is 2.36. The Morgan fingerprint density at radius 3 is 2.35 bits per heavy atom. The zero-order valence-electron chi connectivity index (χ0n) is 21.7. The molecule has 1 aromatic carbocycles. The number of hydrogen-bond donors (Lipinski definition) is 1. The molecule has 3 aromatic rings. The van der Waals surface area contributed by atoms with Gasteiger partial charge in [-0.25, -0.2) is 18.4 Å². The molecule has 184 valence electrons. The van der Waals surface area contributed by atoms with Crippen LogP contribution >= 0.6 is 11.6 Å². The molecule has 0 aliphatic rings. The Kier molecular flexibility index (Phi) is 6.93. The second-order valence-electron chi connectivity index (χ2n) is 6.84. The molecule has 2 unspecified atom stereocenters. The average Bonchev–Trinajstić information content (AvgIpc) is 3.24. The van der Waals surface area contributed by atoms with E-state index in [1.165, 1.54) is 45.2 Å². The fraction of sp³-hybridized carbons (Fsp3) is 0.400. The van der Waals surface area contributed by atoms with E-state index in [2.05, 4.69) is 24.9 Å². The van der Waals surface area contributed by atoms with E-state index in [-0.39, 0.29) is 39.8 Å². The summed E-state index contributed by atoms with van der Waals surface area (Å²) in [6.07, 6.45) is 1.58. The first-order valence-corrected chi connectivity index (χ1v) is 11.7. The van der Waals surface area contributed by atoms with E-state index >= 15 is 0 Å². The monoisotopic (exact) mass is 515 g/mol. The fourth-order valence-electron chi connectivity index (χ4n) is 3.19. The molecular formula is C20H25ClN6O6S. The van der Waals surface area contributed by atoms with Crippen molar-refractivity contribution in [3.63, 3.8) is 0 Å². The molecule has 0 aliphatic heterocycles. The van der Waals surface area contributed by atoms with Gasteiger partial charge in [0.1, 0.15) is 35.1 Å². The van der Waals surface area contributed by atoms with Crippen LogP contribution in [0.2, 0.25) is 5.02 Å². The van der Waals surface area contributed by atoms with Gasteiger partial charge in [0.2, 0.25) is 16.0 Å². The van der Waals surface area contributed by atoms with Gasteiger partial charge in [-0.05, 0) is 19.1 Å². The number of sulfonamides is 1. The van der Waals surface area contributed by atoms with E-state index in [0.717, 1.165) is 0 Å². The standard InChI is InChI=1S/C20H25ClN6O6S/c1-12(18(33-5)19-22-9-13(21)10-23-19)34(28,29)26-20-25-24-16(11-30-2)27(20)17-14(31-3)7-6-8-15(17)32-4/h6-10,12,18H,11H2,1-5H3,(H,25,26)/i2D3. The molecule has 34 heavy (non-hydrogen) atoms. The highest BCUT2D eigenvalue weighted by atomic mass is 35.5. The van der Waals surface area contributed by atoms with Gasteiger partial charge in [-0.3, -0.25) is 9.29 Å². The van der Waals surface area contributed by atoms with Crippen LogP contribution in [0.1, 0.15) is 28.8 Å². The topological polar surface area (TPSA) is 140 Å². The van der Waals surface area contributed by atoms with Gasteiger partial charge in [-0.2, -0.15) is 0 Å². The van der Waals surface area contributed by atoms with Crippen molar-refractivity contribution in [2.75, 3.05) is 33.1 Å². The van der Waals surface area contributed by atoms with Gasteiger partial charge in [-0.15, -0.1) is 10.2 Å². The molecular weight excluding hydrogens is 488 g/mol. The largest absolute Gasteiger partial charge is 0.494 e. The maximum atomic E-state index is 13.4. The number of para-hydroxylation sites is 1. The normalized spacial score (nSPS) is 15.0. The summed E-state index contributed by atoms with van der Waals surface area (Å²) in [5.41, 5.74) is 0.219. The molecule has 2 aromatic heterocycles. The van der Waals surface area contributed by atoms with Gasteiger partial charge < -0.3 is 18.9 Å². The number of halogens is 1. The Bertz CT molecular complexity index is 1300. The van der Waals surface area contributed by atoms with Crippen molar-refractivity contribution in [2.45, 2.75) is 24.9 Å². The third-order valence-electron chi connectivity index (χ3n) is 4.85. The summed E-state index contributed by atoms with van der Waals surface area (Å²) < 4.78 is 73.7. The number of nitrogens with one attached hydrogen (secondary N) is 1. The van der Waals surface area contributed by atoms with Gasteiger partial charge in [-0.1, -0.05) is 17.7 Å². The molecule has 0 radical (unpaired) electrons. The lowest BCUT2D eigenvalue weighted by Crippen LogP contribution is -2.33. The van der Waals surface area contributed by atoms with Crippen LogP contribution in [-0.4, -0.2) is 66.8 Å². The number of methoxy groups -OCH3 is 4. The molecule has 2 atom stereocenters. The Labute approximate surface area is 206 Å². The van der Waals surface area contributed by atoms with Crippen molar-refractivity contribution < 1.29 is 31.5 Å². The summed E-state index contributed by atoms with van der Waals surface area (Å²) in [4.78, 5) is 8.11. The minimum atomic E-state index is -4.23. The fourth-order valence-corrected chi connectivity index (χ4v) is 4.42. The second-order valence-corrected chi connectivity index (χ2v) is 9.32. The Balaban J connectivity index is 2.08. The van der Waals surface area contributed by atoms with Gasteiger partial charge in [0.05, 0.1) is 23.4 Å². The minimum absolute atomic E-state index is 0.0337. The van der Waals surface area contributed by atoms with E-state index in [1.54, 1.807) is 18.2 Å². The summed E-state index contributed by atoms with van der Waals surface area (Å²) in [7, 11) is -2.83. The van der Waals surface area contributed by atoms with Crippen LogP contribution in [0, 0.1) is 0 Å². The van der Waals surface area contributed by atoms with Crippen molar-refractivity contribution in [3.8, 4) is 17.2 Å². The highest BCUT2D eigenvalue weighted by molar-refractivity contribution is 7.93. The molecule has 0 saturated heterocycles. The van der Waals surface area contributed by atoms with Gasteiger partial charge in [0.25, 0.3) is 0 Å². The average molecular weight is 516 g/mol. The molecule has 0 bridgehead atoms. The quantitative estimate of drug-likeness (QED) is 0.404. The number of anilines is 1. The maximum absolute atomic E-state index is 13.4. The Morgan fingerprint density at radius 2 is 1.79 bits per heavy atom. The second kappa shape index (κ2) is 11.0. The molecule has 14 heteroatoms. The number of hydrogen-bond acceptors (Lipinski definition) is 10. The van der Waals surface area contributed by atoms with Crippen LogP contribution in [-0.2, 0) is 26.1 Å². The minimum Gasteiger partial charge on any atom is -0.494 e. The molecule has 0 spiro atoms. The molecule has 0 fully saturated rings. The molecule has 0 saturated carbocycles. The first kappa shape index (κ1) is 21.5.